The van der Waals surface area contributed by atoms with Crippen LogP contribution < -0.4 is 0 Å². The molecule has 0 amide bonds. The van der Waals surface area contributed by atoms with Crippen molar-refractivity contribution in [3.8, 4) is 0 Å². The van der Waals surface area contributed by atoms with Gasteiger partial charge < -0.3 is 14.2 Å². The molecule has 0 rings (SSSR count). The second kappa shape index (κ2) is 54.0. The predicted octanol–water partition coefficient (Wildman–Crippen LogP) is 18.7. The quantitative estimate of drug-likeness (QED) is 0.0262. The summed E-state index contributed by atoms with van der Waals surface area (Å²) >= 11 is 0. The van der Waals surface area contributed by atoms with Gasteiger partial charge in [0.1, 0.15) is 13.2 Å². The van der Waals surface area contributed by atoms with Crippen LogP contribution >= 0.6 is 0 Å². The monoisotopic (exact) mass is 911 g/mol. The third kappa shape index (κ3) is 52.2. The Balaban J connectivity index is 4.27. The molecule has 0 aliphatic rings. The summed E-state index contributed by atoms with van der Waals surface area (Å²) in [5.74, 6) is -0.880. The zero-order valence-electron chi connectivity index (χ0n) is 43.3. The highest BCUT2D eigenvalue weighted by atomic mass is 16.6. The van der Waals surface area contributed by atoms with Gasteiger partial charge in [-0.05, 0) is 83.5 Å². The summed E-state index contributed by atoms with van der Waals surface area (Å²) in [4.78, 5) is 38.0. The van der Waals surface area contributed by atoms with E-state index in [0.29, 0.717) is 19.3 Å². The molecule has 0 aromatic carbocycles. The third-order valence-corrected chi connectivity index (χ3v) is 12.3. The molecule has 0 fully saturated rings. The molecule has 0 heterocycles. The lowest BCUT2D eigenvalue weighted by atomic mass is 10.1. The number of esters is 3. The van der Waals surface area contributed by atoms with E-state index in [1.165, 1.54) is 173 Å². The largest absolute Gasteiger partial charge is 0.462 e. The van der Waals surface area contributed by atoms with E-state index in [1.807, 2.05) is 0 Å². The second-order valence-electron chi connectivity index (χ2n) is 18.8. The highest BCUT2D eigenvalue weighted by molar-refractivity contribution is 5.71. The Morgan fingerprint density at radius 1 is 0.308 bits per heavy atom. The fourth-order valence-electron chi connectivity index (χ4n) is 8.03. The lowest BCUT2D eigenvalue weighted by Crippen LogP contribution is -2.30. The van der Waals surface area contributed by atoms with Gasteiger partial charge in [-0.3, -0.25) is 14.4 Å². The molecule has 0 saturated heterocycles. The normalized spacial score (nSPS) is 12.4. The van der Waals surface area contributed by atoms with Crippen LogP contribution in [-0.2, 0) is 28.6 Å². The van der Waals surface area contributed by atoms with Crippen LogP contribution in [-0.4, -0.2) is 37.2 Å². The molecule has 0 N–H and O–H groups in total. The van der Waals surface area contributed by atoms with Crippen LogP contribution in [0.4, 0.5) is 0 Å². The standard InChI is InChI=1S/C59H106O6/c1-4-7-10-13-16-19-21-23-25-27-28-29-30-32-33-35-37-40-43-46-49-52-58(61)64-55-56(54-63-57(60)51-48-45-42-39-18-15-12-9-6-3)65-59(62)53-50-47-44-41-38-36-34-31-26-24-22-20-17-14-11-8-5-2/h17,20-21,23-24,26-28,56H,4-16,18-19,22,25,29-55H2,1-3H3/b20-17-,23-21-,26-24-,28-27-. The average molecular weight is 911 g/mol. The molecule has 0 aliphatic carbocycles. The van der Waals surface area contributed by atoms with Gasteiger partial charge in [0.2, 0.25) is 0 Å². The Hall–Kier alpha value is -2.63. The van der Waals surface area contributed by atoms with Gasteiger partial charge in [-0.2, -0.15) is 0 Å². The number of hydrogen-bond donors (Lipinski definition) is 0. The van der Waals surface area contributed by atoms with Crippen molar-refractivity contribution in [3.05, 3.63) is 48.6 Å². The number of ether oxygens (including phenoxy) is 3. The third-order valence-electron chi connectivity index (χ3n) is 12.3. The summed E-state index contributed by atoms with van der Waals surface area (Å²) in [5, 5.41) is 0. The molecule has 378 valence electrons. The van der Waals surface area contributed by atoms with Crippen molar-refractivity contribution >= 4 is 17.9 Å². The Morgan fingerprint density at radius 3 is 0.877 bits per heavy atom. The SMILES string of the molecule is CCCCC/C=C\C/C=C\CCCCCCCCCC(=O)OC(COC(=O)CCCCCCCCCCC)COC(=O)CCCCCCCCCCC/C=C\C/C=C\CCCCCCC. The van der Waals surface area contributed by atoms with Gasteiger partial charge in [0.25, 0.3) is 0 Å². The summed E-state index contributed by atoms with van der Waals surface area (Å²) in [5.41, 5.74) is 0. The summed E-state index contributed by atoms with van der Waals surface area (Å²) < 4.78 is 16.8. The number of carbonyl (C=O) groups is 3. The molecule has 65 heavy (non-hydrogen) atoms. The molecule has 0 bridgehead atoms. The van der Waals surface area contributed by atoms with Crippen molar-refractivity contribution in [2.75, 3.05) is 13.2 Å². The van der Waals surface area contributed by atoms with E-state index >= 15 is 0 Å². The van der Waals surface area contributed by atoms with E-state index in [9.17, 15) is 14.4 Å². The van der Waals surface area contributed by atoms with Gasteiger partial charge in [0.15, 0.2) is 6.10 Å². The number of unbranched alkanes of at least 4 members (excludes halogenated alkanes) is 32. The zero-order chi connectivity index (χ0) is 47.2. The highest BCUT2D eigenvalue weighted by Crippen LogP contribution is 2.15. The van der Waals surface area contributed by atoms with Gasteiger partial charge in [0, 0.05) is 19.3 Å². The molecule has 0 aromatic rings. The van der Waals surface area contributed by atoms with E-state index in [2.05, 4.69) is 69.4 Å². The zero-order valence-corrected chi connectivity index (χ0v) is 43.3. The summed E-state index contributed by atoms with van der Waals surface area (Å²) in [6.45, 7) is 6.60. The van der Waals surface area contributed by atoms with Crippen molar-refractivity contribution in [2.45, 2.75) is 297 Å². The van der Waals surface area contributed by atoms with E-state index in [-0.39, 0.29) is 31.1 Å². The molecule has 6 nitrogen and oxygen atoms in total. The van der Waals surface area contributed by atoms with Crippen LogP contribution in [0, 0.1) is 0 Å². The predicted molar refractivity (Wildman–Crippen MR) is 279 cm³/mol. The maximum Gasteiger partial charge on any atom is 0.306 e. The Morgan fingerprint density at radius 2 is 0.554 bits per heavy atom. The number of carbonyl (C=O) groups excluding carboxylic acids is 3. The second-order valence-corrected chi connectivity index (χ2v) is 18.8. The molecule has 0 aliphatic heterocycles. The van der Waals surface area contributed by atoms with Crippen molar-refractivity contribution in [1.29, 1.82) is 0 Å². The maximum atomic E-state index is 12.8. The minimum atomic E-state index is -0.776. The van der Waals surface area contributed by atoms with Gasteiger partial charge in [-0.15, -0.1) is 0 Å². The van der Waals surface area contributed by atoms with Gasteiger partial charge in [0.05, 0.1) is 0 Å². The fourth-order valence-corrected chi connectivity index (χ4v) is 8.03. The van der Waals surface area contributed by atoms with E-state index < -0.39 is 6.10 Å². The lowest BCUT2D eigenvalue weighted by molar-refractivity contribution is -0.167. The Labute approximate surface area is 403 Å². The van der Waals surface area contributed by atoms with Crippen molar-refractivity contribution < 1.29 is 28.6 Å². The van der Waals surface area contributed by atoms with E-state index in [4.69, 9.17) is 14.2 Å². The summed E-state index contributed by atoms with van der Waals surface area (Å²) in [6, 6.07) is 0. The minimum Gasteiger partial charge on any atom is -0.462 e. The van der Waals surface area contributed by atoms with Crippen LogP contribution in [0.3, 0.4) is 0 Å². The van der Waals surface area contributed by atoms with Crippen LogP contribution in [0.25, 0.3) is 0 Å². The van der Waals surface area contributed by atoms with Crippen LogP contribution in [0.5, 0.6) is 0 Å². The first-order valence-corrected chi connectivity index (χ1v) is 28.1. The Kier molecular flexibility index (Phi) is 51.8. The fraction of sp³-hybridized carbons (Fsp3) is 0.814. The van der Waals surface area contributed by atoms with Crippen LogP contribution in [0.2, 0.25) is 0 Å². The number of rotatable bonds is 51. The topological polar surface area (TPSA) is 78.9 Å². The minimum absolute atomic E-state index is 0.0755. The molecular formula is C59H106O6. The van der Waals surface area contributed by atoms with Crippen molar-refractivity contribution in [1.82, 2.24) is 0 Å². The molecule has 1 unspecified atom stereocenters. The van der Waals surface area contributed by atoms with Crippen LogP contribution in [0.15, 0.2) is 48.6 Å². The first-order chi connectivity index (χ1) is 32.0. The smallest absolute Gasteiger partial charge is 0.306 e. The maximum absolute atomic E-state index is 12.8. The lowest BCUT2D eigenvalue weighted by Gasteiger charge is -2.18. The Bertz CT molecular complexity index is 1140. The molecule has 0 aromatic heterocycles. The summed E-state index contributed by atoms with van der Waals surface area (Å²) in [7, 11) is 0. The molecule has 6 heteroatoms. The van der Waals surface area contributed by atoms with Crippen molar-refractivity contribution in [2.24, 2.45) is 0 Å². The molecule has 0 saturated carbocycles. The first kappa shape index (κ1) is 62.4. The summed E-state index contributed by atoms with van der Waals surface area (Å²) in [6.07, 6.45) is 65.3. The molecular weight excluding hydrogens is 805 g/mol. The van der Waals surface area contributed by atoms with Gasteiger partial charge in [-0.1, -0.05) is 236 Å². The molecule has 0 radical (unpaired) electrons. The van der Waals surface area contributed by atoms with Crippen molar-refractivity contribution in [3.63, 3.8) is 0 Å². The van der Waals surface area contributed by atoms with E-state index in [1.54, 1.807) is 0 Å². The highest BCUT2D eigenvalue weighted by Gasteiger charge is 2.19. The van der Waals surface area contributed by atoms with Gasteiger partial charge >= 0.3 is 17.9 Å². The number of hydrogen-bond acceptors (Lipinski definition) is 6. The first-order valence-electron chi connectivity index (χ1n) is 28.1. The van der Waals surface area contributed by atoms with Crippen LogP contribution in [0.1, 0.15) is 290 Å². The average Bonchev–Trinajstić information content (AvgIpc) is 3.30. The van der Waals surface area contributed by atoms with E-state index in [0.717, 1.165) is 77.0 Å². The number of allylic oxidation sites excluding steroid dienone is 8. The molecule has 0 spiro atoms. The van der Waals surface area contributed by atoms with Gasteiger partial charge in [-0.25, -0.2) is 0 Å². The molecule has 1 atom stereocenters.